The van der Waals surface area contributed by atoms with Crippen molar-refractivity contribution in [3.8, 4) is 0 Å². The summed E-state index contributed by atoms with van der Waals surface area (Å²) in [7, 11) is -4.26. The van der Waals surface area contributed by atoms with Gasteiger partial charge in [0.2, 0.25) is 20.0 Å². The van der Waals surface area contributed by atoms with Crippen molar-refractivity contribution in [1.29, 1.82) is 0 Å². The molecule has 7 rings (SSSR count). The Morgan fingerprint density at radius 2 is 0.797 bits per heavy atom. The highest BCUT2D eigenvalue weighted by Crippen LogP contribution is 2.15. The Kier molecular flexibility index (Phi) is 27.8. The molecule has 0 spiro atoms. The van der Waals surface area contributed by atoms with Gasteiger partial charge in [0.1, 0.15) is 0 Å². The van der Waals surface area contributed by atoms with Gasteiger partial charge in [0, 0.05) is 31.7 Å². The fraction of sp³-hybridized carbons (Fsp3) is 0.255. The maximum Gasteiger partial charge on any atom is 0.240 e. The third-order valence-corrected chi connectivity index (χ3v) is 13.9. The zero-order valence-corrected chi connectivity index (χ0v) is 44.8. The smallest absolute Gasteiger partial charge is 0.240 e. The molecule has 6 aromatic carbocycles. The van der Waals surface area contributed by atoms with Crippen LogP contribution in [0.5, 0.6) is 0 Å². The van der Waals surface area contributed by atoms with Crippen LogP contribution in [0.3, 0.4) is 0 Å². The van der Waals surface area contributed by atoms with Crippen LogP contribution in [0.15, 0.2) is 185 Å². The normalized spacial score (nSPS) is 10.5. The average molecular weight is 996 g/mol. The van der Waals surface area contributed by atoms with Gasteiger partial charge in [-0.15, -0.1) is 0 Å². The molecule has 1 heterocycles. The molecule has 0 unspecified atom stereocenters. The molecule has 11 nitrogen and oxygen atoms in total. The predicted octanol–water partition coefficient (Wildman–Crippen LogP) is 10.1. The van der Waals surface area contributed by atoms with E-state index in [1.165, 1.54) is 58.3 Å². The second kappa shape index (κ2) is 31.3. The van der Waals surface area contributed by atoms with Gasteiger partial charge in [-0.3, -0.25) is 4.98 Å². The topological polar surface area (TPSA) is 183 Å². The molecule has 14 heteroatoms. The molecule has 0 saturated carbocycles. The van der Waals surface area contributed by atoms with Crippen LogP contribution >= 0.6 is 0 Å². The minimum atomic E-state index is -3.53. The van der Waals surface area contributed by atoms with Gasteiger partial charge in [-0.2, -0.15) is 0 Å². The summed E-state index contributed by atoms with van der Waals surface area (Å²) in [6.45, 7) is 17.5. The Bertz CT molecular complexity index is 2830. The Labute approximate surface area is 414 Å². The van der Waals surface area contributed by atoms with E-state index in [0.29, 0.717) is 21.9 Å². The van der Waals surface area contributed by atoms with Gasteiger partial charge < -0.3 is 10.6 Å². The number of hydrogen-bond donors (Lipinski definition) is 3. The quantitative estimate of drug-likeness (QED) is 0.140. The molecule has 0 bridgehead atoms. The first kappa shape index (κ1) is 61.2. The van der Waals surface area contributed by atoms with Crippen LogP contribution in [-0.2, 0) is 43.0 Å². The molecule has 0 fully saturated rings. The molecular formula is C55H73N5O6S3. The summed E-state index contributed by atoms with van der Waals surface area (Å²) in [4.78, 5) is 6.98. The molecule has 0 atom stereocenters. The highest BCUT2D eigenvalue weighted by atomic mass is 32.2. The average Bonchev–Trinajstić information content (AvgIpc) is 3.29. The van der Waals surface area contributed by atoms with Gasteiger partial charge in [0.15, 0.2) is 9.84 Å². The lowest BCUT2D eigenvalue weighted by Crippen LogP contribution is -2.19. The Morgan fingerprint density at radius 1 is 0.464 bits per heavy atom. The summed E-state index contributed by atoms with van der Waals surface area (Å²) in [5.41, 5.74) is 17.0. The monoisotopic (exact) mass is 995 g/mol. The Balaban J connectivity index is 0.000000405. The van der Waals surface area contributed by atoms with E-state index in [9.17, 15) is 25.3 Å². The van der Waals surface area contributed by atoms with Crippen molar-refractivity contribution in [3.05, 3.63) is 226 Å². The van der Waals surface area contributed by atoms with E-state index >= 15 is 0 Å². The molecule has 69 heavy (non-hydrogen) atoms. The second-order valence-corrected chi connectivity index (χ2v) is 21.6. The maximum atomic E-state index is 11.3. The fourth-order valence-electron chi connectivity index (χ4n) is 5.87. The largest absolute Gasteiger partial charge is 0.326 e. The third kappa shape index (κ3) is 24.8. The lowest BCUT2D eigenvalue weighted by molar-refractivity contribution is 0.401. The molecule has 0 aliphatic heterocycles. The molecule has 0 aliphatic rings. The molecule has 0 saturated heterocycles. The summed E-state index contributed by atoms with van der Waals surface area (Å²) in [5, 5.41) is 4.93. The van der Waals surface area contributed by atoms with E-state index < -0.39 is 29.9 Å². The summed E-state index contributed by atoms with van der Waals surface area (Å²) >= 11 is 0. The van der Waals surface area contributed by atoms with Crippen LogP contribution in [0.2, 0.25) is 0 Å². The van der Waals surface area contributed by atoms with Gasteiger partial charge in [-0.1, -0.05) is 127 Å². The van der Waals surface area contributed by atoms with Gasteiger partial charge in [-0.25, -0.2) is 35.1 Å². The van der Waals surface area contributed by atoms with Gasteiger partial charge in [0.05, 0.1) is 14.7 Å². The standard InChI is InChI=1S/C10H15N.C8H11NO2S.C8H11N.C8H10O2S.C8H10.C7H9NO2S.C6H7N/c1-9-6-4-5-7-10(9)8-11(2)3;1-7-5-3-4-6-8(7)12(10,11)9-2;1-7-4-2-3-5-8(7)6-9;1-7-5-3-4-6-8(7)11(2,9)10;1-7-5-3-4-6-8(7)2;1-6-4-2-3-5-7(6)11(8,9)10;1-6-2-4-7-5-3-6/h4-7H,8H2,1-3H3;3-6,9H,1-2H3;2-5H,6,9H2,1H3;3-6H,1-2H3;3-6H,1-2H3;2-5H,1H3,(H2,8,9,10);2-5H,1H3. The highest BCUT2D eigenvalue weighted by Gasteiger charge is 2.12. The molecule has 7 aromatic rings. The van der Waals surface area contributed by atoms with Gasteiger partial charge >= 0.3 is 0 Å². The van der Waals surface area contributed by atoms with Crippen LogP contribution in [-0.4, -0.2) is 62.5 Å². The maximum absolute atomic E-state index is 11.3. The number of primary sulfonamides is 1. The van der Waals surface area contributed by atoms with E-state index in [1.807, 2.05) is 43.3 Å². The number of pyridine rings is 1. The Hall–Kier alpha value is -5.84. The zero-order valence-electron chi connectivity index (χ0n) is 42.3. The van der Waals surface area contributed by atoms with E-state index in [1.54, 1.807) is 87.8 Å². The SMILES string of the molecule is CNS(=O)(=O)c1ccccc1C.Cc1ccccc1C.Cc1ccccc1CN.Cc1ccccc1CN(C)C.Cc1ccccc1S(C)(=O)=O.Cc1ccccc1S(N)(=O)=O.Cc1ccncc1. The lowest BCUT2D eigenvalue weighted by Gasteiger charge is -2.11. The lowest BCUT2D eigenvalue weighted by atomic mass is 10.1. The zero-order chi connectivity index (χ0) is 52.2. The number of aryl methyl sites for hydroxylation is 8. The van der Waals surface area contributed by atoms with Crippen molar-refractivity contribution in [2.75, 3.05) is 27.4 Å². The number of aromatic nitrogens is 1. The first-order valence-corrected chi connectivity index (χ1v) is 26.9. The number of nitrogens with two attached hydrogens (primary N) is 2. The minimum absolute atomic E-state index is 0.194. The summed E-state index contributed by atoms with van der Waals surface area (Å²) in [6, 6.07) is 49.4. The van der Waals surface area contributed by atoms with Crippen molar-refractivity contribution in [2.24, 2.45) is 10.9 Å². The first-order valence-electron chi connectivity index (χ1n) is 22.0. The number of sulfone groups is 1. The van der Waals surface area contributed by atoms with Crippen molar-refractivity contribution in [1.82, 2.24) is 14.6 Å². The second-order valence-electron chi connectivity index (χ2n) is 16.2. The molecule has 0 amide bonds. The van der Waals surface area contributed by atoms with E-state index in [0.717, 1.165) is 17.7 Å². The number of sulfonamides is 2. The van der Waals surface area contributed by atoms with Crippen molar-refractivity contribution < 1.29 is 25.3 Å². The number of hydrogen-bond acceptors (Lipinski definition) is 9. The van der Waals surface area contributed by atoms with Crippen LogP contribution in [0.1, 0.15) is 55.6 Å². The number of rotatable bonds is 7. The molecule has 0 aliphatic carbocycles. The van der Waals surface area contributed by atoms with Gasteiger partial charge in [-0.05, 0) is 162 Å². The number of benzene rings is 6. The van der Waals surface area contributed by atoms with E-state index in [4.69, 9.17) is 10.9 Å². The summed E-state index contributed by atoms with van der Waals surface area (Å²) in [6.07, 6.45) is 4.79. The molecule has 1 aromatic heterocycles. The van der Waals surface area contributed by atoms with Gasteiger partial charge in [0.25, 0.3) is 0 Å². The van der Waals surface area contributed by atoms with Crippen LogP contribution in [0, 0.1) is 55.4 Å². The van der Waals surface area contributed by atoms with E-state index in [2.05, 4.69) is 117 Å². The highest BCUT2D eigenvalue weighted by molar-refractivity contribution is 7.90. The Morgan fingerprint density at radius 3 is 1.04 bits per heavy atom. The molecule has 372 valence electrons. The molecule has 5 N–H and O–H groups in total. The molecule has 0 radical (unpaired) electrons. The van der Waals surface area contributed by atoms with Crippen LogP contribution in [0.25, 0.3) is 0 Å². The van der Waals surface area contributed by atoms with E-state index in [-0.39, 0.29) is 4.90 Å². The first-order chi connectivity index (χ1) is 32.3. The summed E-state index contributed by atoms with van der Waals surface area (Å²) in [5.74, 6) is 0. The fourth-order valence-corrected chi connectivity index (χ4v) is 8.61. The van der Waals surface area contributed by atoms with Crippen molar-refractivity contribution in [3.63, 3.8) is 0 Å². The van der Waals surface area contributed by atoms with Crippen LogP contribution < -0.4 is 15.6 Å². The summed E-state index contributed by atoms with van der Waals surface area (Å²) < 4.78 is 68.7. The molecular weight excluding hydrogens is 923 g/mol. The van der Waals surface area contributed by atoms with Crippen LogP contribution in [0.4, 0.5) is 0 Å². The van der Waals surface area contributed by atoms with Crippen molar-refractivity contribution >= 4 is 29.9 Å². The predicted molar refractivity (Wildman–Crippen MR) is 287 cm³/mol. The number of nitrogens with one attached hydrogen (secondary N) is 1. The van der Waals surface area contributed by atoms with Crippen molar-refractivity contribution in [2.45, 2.75) is 83.2 Å². The third-order valence-electron chi connectivity index (χ3n) is 10.0. The minimum Gasteiger partial charge on any atom is -0.326 e. The number of nitrogens with zero attached hydrogens (tertiary/aromatic N) is 2.